The van der Waals surface area contributed by atoms with Crippen molar-refractivity contribution in [1.82, 2.24) is 9.97 Å². The van der Waals surface area contributed by atoms with E-state index in [-0.39, 0.29) is 22.6 Å². The fourth-order valence-electron chi connectivity index (χ4n) is 2.14. The third-order valence-corrected chi connectivity index (χ3v) is 3.79. The highest BCUT2D eigenvalue weighted by molar-refractivity contribution is 6.32. The molecule has 1 aromatic rings. The first kappa shape index (κ1) is 13.8. The molecule has 2 heterocycles. The molecule has 2 rings (SSSR count). The molecule has 1 aliphatic heterocycles. The predicted molar refractivity (Wildman–Crippen MR) is 70.3 cm³/mol. The van der Waals surface area contributed by atoms with Gasteiger partial charge < -0.3 is 14.7 Å². The van der Waals surface area contributed by atoms with E-state index >= 15 is 0 Å². The van der Waals surface area contributed by atoms with Gasteiger partial charge in [-0.3, -0.25) is 0 Å². The predicted octanol–water partition coefficient (Wildman–Crippen LogP) is 1.76. The van der Waals surface area contributed by atoms with Gasteiger partial charge in [-0.25, -0.2) is 9.97 Å². The summed E-state index contributed by atoms with van der Waals surface area (Å²) >= 11 is 11.7. The number of aromatic nitrogens is 2. The minimum atomic E-state index is -0.376. The molecule has 0 spiro atoms. The summed E-state index contributed by atoms with van der Waals surface area (Å²) in [6.45, 7) is 1.28. The molecule has 0 amide bonds. The molecule has 7 heteroatoms. The molecule has 1 saturated heterocycles. The molecule has 0 aliphatic carbocycles. The summed E-state index contributed by atoms with van der Waals surface area (Å²) in [6, 6.07) is 1.64. The number of rotatable bonds is 3. The first-order valence-corrected chi connectivity index (χ1v) is 6.45. The van der Waals surface area contributed by atoms with Gasteiger partial charge in [0.1, 0.15) is 11.0 Å². The molecule has 1 fully saturated rings. The molecule has 100 valence electrons. The Hall–Kier alpha value is -0.620. The van der Waals surface area contributed by atoms with Crippen LogP contribution in [0.15, 0.2) is 6.07 Å². The van der Waals surface area contributed by atoms with Gasteiger partial charge in [0.2, 0.25) is 5.28 Å². The van der Waals surface area contributed by atoms with Crippen LogP contribution in [-0.2, 0) is 4.74 Å². The van der Waals surface area contributed by atoms with Gasteiger partial charge in [-0.15, -0.1) is 0 Å². The van der Waals surface area contributed by atoms with Crippen LogP contribution in [0.2, 0.25) is 10.4 Å². The van der Waals surface area contributed by atoms with Crippen molar-refractivity contribution < 1.29 is 9.84 Å². The highest BCUT2D eigenvalue weighted by atomic mass is 35.5. The van der Waals surface area contributed by atoms with Gasteiger partial charge in [0.25, 0.3) is 0 Å². The van der Waals surface area contributed by atoms with E-state index in [0.717, 1.165) is 12.8 Å². The van der Waals surface area contributed by atoms with Gasteiger partial charge >= 0.3 is 0 Å². The number of likely N-dealkylation sites (N-methyl/N-ethyl adjacent to an activating group) is 1. The maximum absolute atomic E-state index is 9.71. The standard InChI is InChI=1S/C11H15Cl2N3O2/c1-16(9-6-8(12)14-10(13)15-9)11(7-17)2-4-18-5-3-11/h6,17H,2-5,7H2,1H3. The lowest BCUT2D eigenvalue weighted by Crippen LogP contribution is -2.53. The third kappa shape index (κ3) is 2.69. The zero-order valence-corrected chi connectivity index (χ0v) is 11.6. The fraction of sp³-hybridized carbons (Fsp3) is 0.636. The lowest BCUT2D eigenvalue weighted by atomic mass is 9.89. The second-order valence-corrected chi connectivity index (χ2v) is 5.10. The van der Waals surface area contributed by atoms with E-state index in [1.54, 1.807) is 6.07 Å². The first-order valence-electron chi connectivity index (χ1n) is 5.70. The Bertz CT molecular complexity index is 404. The van der Waals surface area contributed by atoms with Crippen LogP contribution >= 0.6 is 23.2 Å². The normalized spacial score (nSPS) is 18.7. The smallest absolute Gasteiger partial charge is 0.225 e. The molecule has 5 nitrogen and oxygen atoms in total. The van der Waals surface area contributed by atoms with E-state index < -0.39 is 0 Å². The third-order valence-electron chi connectivity index (χ3n) is 3.43. The average Bonchev–Trinajstić information content (AvgIpc) is 2.37. The van der Waals surface area contributed by atoms with E-state index in [1.165, 1.54) is 0 Å². The number of anilines is 1. The van der Waals surface area contributed by atoms with Crippen molar-refractivity contribution in [3.05, 3.63) is 16.5 Å². The molecular formula is C11H15Cl2N3O2. The molecule has 18 heavy (non-hydrogen) atoms. The molecule has 0 saturated carbocycles. The van der Waals surface area contributed by atoms with Gasteiger partial charge in [-0.2, -0.15) is 0 Å². The number of ether oxygens (including phenoxy) is 1. The molecule has 0 bridgehead atoms. The quantitative estimate of drug-likeness (QED) is 0.679. The topological polar surface area (TPSA) is 58.5 Å². The van der Waals surface area contributed by atoms with Crippen molar-refractivity contribution in [3.8, 4) is 0 Å². The maximum atomic E-state index is 9.71. The lowest BCUT2D eigenvalue weighted by molar-refractivity contribution is 0.0271. The Morgan fingerprint density at radius 2 is 2.06 bits per heavy atom. The van der Waals surface area contributed by atoms with Crippen LogP contribution in [0.4, 0.5) is 5.82 Å². The molecular weight excluding hydrogens is 277 g/mol. The van der Waals surface area contributed by atoms with Gasteiger partial charge in [0, 0.05) is 26.3 Å². The lowest BCUT2D eigenvalue weighted by Gasteiger charge is -2.43. The number of aliphatic hydroxyl groups excluding tert-OH is 1. The molecule has 1 aliphatic rings. The monoisotopic (exact) mass is 291 g/mol. The van der Waals surface area contributed by atoms with Gasteiger partial charge in [-0.05, 0) is 24.4 Å². The SMILES string of the molecule is CN(c1cc(Cl)nc(Cl)n1)C1(CO)CCOCC1. The van der Waals surface area contributed by atoms with E-state index in [4.69, 9.17) is 27.9 Å². The minimum absolute atomic E-state index is 0.0338. The average molecular weight is 292 g/mol. The zero-order valence-electron chi connectivity index (χ0n) is 10.1. The summed E-state index contributed by atoms with van der Waals surface area (Å²) in [5, 5.41) is 10.1. The van der Waals surface area contributed by atoms with Crippen LogP contribution in [-0.4, -0.2) is 47.5 Å². The highest BCUT2D eigenvalue weighted by Gasteiger charge is 2.37. The van der Waals surface area contributed by atoms with Crippen LogP contribution in [0.25, 0.3) is 0 Å². The summed E-state index contributed by atoms with van der Waals surface area (Å²) in [7, 11) is 1.87. The summed E-state index contributed by atoms with van der Waals surface area (Å²) < 4.78 is 5.34. The van der Waals surface area contributed by atoms with Crippen molar-refractivity contribution in [2.24, 2.45) is 0 Å². The Kier molecular flexibility index (Phi) is 4.27. The molecule has 1 aromatic heterocycles. The first-order chi connectivity index (χ1) is 8.57. The summed E-state index contributed by atoms with van der Waals surface area (Å²) in [4.78, 5) is 9.87. The second kappa shape index (κ2) is 5.57. The fourth-order valence-corrected chi connectivity index (χ4v) is 2.54. The Labute approximate surface area is 116 Å². The summed E-state index contributed by atoms with van der Waals surface area (Å²) in [5.74, 6) is 0.607. The number of nitrogens with zero attached hydrogens (tertiary/aromatic N) is 3. The number of aliphatic hydroxyl groups is 1. The van der Waals surface area contributed by atoms with Gasteiger partial charge in [0.05, 0.1) is 12.1 Å². The van der Waals surface area contributed by atoms with E-state index in [1.807, 2.05) is 11.9 Å². The van der Waals surface area contributed by atoms with Gasteiger partial charge in [0.15, 0.2) is 0 Å². The highest BCUT2D eigenvalue weighted by Crippen LogP contribution is 2.31. The van der Waals surface area contributed by atoms with Crippen molar-refractivity contribution >= 4 is 29.0 Å². The Balaban J connectivity index is 2.30. The van der Waals surface area contributed by atoms with Gasteiger partial charge in [-0.1, -0.05) is 11.6 Å². The molecule has 0 aromatic carbocycles. The Morgan fingerprint density at radius 1 is 1.39 bits per heavy atom. The summed E-state index contributed by atoms with van der Waals surface area (Å²) in [6.07, 6.45) is 1.47. The molecule has 0 radical (unpaired) electrons. The van der Waals surface area contributed by atoms with Crippen LogP contribution in [0.5, 0.6) is 0 Å². The van der Waals surface area contributed by atoms with Crippen LogP contribution in [0.3, 0.4) is 0 Å². The Morgan fingerprint density at radius 3 is 2.61 bits per heavy atom. The molecule has 0 atom stereocenters. The summed E-state index contributed by atoms with van der Waals surface area (Å²) in [5.41, 5.74) is -0.376. The van der Waals surface area contributed by atoms with E-state index in [0.29, 0.717) is 19.0 Å². The zero-order chi connectivity index (χ0) is 13.2. The van der Waals surface area contributed by atoms with Crippen LogP contribution in [0, 0.1) is 0 Å². The van der Waals surface area contributed by atoms with E-state index in [2.05, 4.69) is 9.97 Å². The van der Waals surface area contributed by atoms with Crippen molar-refractivity contribution in [2.75, 3.05) is 31.8 Å². The van der Waals surface area contributed by atoms with Crippen molar-refractivity contribution in [1.29, 1.82) is 0 Å². The van der Waals surface area contributed by atoms with E-state index in [9.17, 15) is 5.11 Å². The van der Waals surface area contributed by atoms with Crippen LogP contribution in [0.1, 0.15) is 12.8 Å². The minimum Gasteiger partial charge on any atom is -0.394 e. The maximum Gasteiger partial charge on any atom is 0.225 e. The van der Waals surface area contributed by atoms with Crippen molar-refractivity contribution in [3.63, 3.8) is 0 Å². The second-order valence-electron chi connectivity index (χ2n) is 4.37. The van der Waals surface area contributed by atoms with Crippen LogP contribution < -0.4 is 4.90 Å². The number of halogens is 2. The molecule has 0 unspecified atom stereocenters. The number of hydrogen-bond donors (Lipinski definition) is 1. The number of hydrogen-bond acceptors (Lipinski definition) is 5. The largest absolute Gasteiger partial charge is 0.394 e. The van der Waals surface area contributed by atoms with Crippen molar-refractivity contribution in [2.45, 2.75) is 18.4 Å². The molecule has 1 N–H and O–H groups in total.